The maximum atomic E-state index is 11.9. The normalized spacial score (nSPS) is 14.2. The summed E-state index contributed by atoms with van der Waals surface area (Å²) in [5.41, 5.74) is 5.65. The van der Waals surface area contributed by atoms with Crippen LogP contribution in [0.3, 0.4) is 0 Å². The van der Waals surface area contributed by atoms with Crippen LogP contribution in [0.2, 0.25) is 0 Å². The zero-order valence-corrected chi connectivity index (χ0v) is 9.66. The van der Waals surface area contributed by atoms with Gasteiger partial charge >= 0.3 is 0 Å². The Kier molecular flexibility index (Phi) is 3.90. The van der Waals surface area contributed by atoms with Crippen LogP contribution in [0.15, 0.2) is 24.3 Å². The first-order chi connectivity index (χ1) is 7.50. The van der Waals surface area contributed by atoms with E-state index in [-0.39, 0.29) is 11.7 Å². The predicted molar refractivity (Wildman–Crippen MR) is 63.3 cm³/mol. The Morgan fingerprint density at radius 1 is 1.56 bits per heavy atom. The van der Waals surface area contributed by atoms with Crippen LogP contribution < -0.4 is 11.1 Å². The van der Waals surface area contributed by atoms with Crippen LogP contribution in [-0.4, -0.2) is 23.1 Å². The molecule has 0 radical (unpaired) electrons. The Balaban J connectivity index is 2.80. The Bertz CT molecular complexity index is 373. The molecule has 0 fully saturated rings. The van der Waals surface area contributed by atoms with Gasteiger partial charge in [-0.05, 0) is 31.5 Å². The third-order valence-electron chi connectivity index (χ3n) is 2.75. The fraction of sp³-hybridized carbons (Fsp3) is 0.417. The summed E-state index contributed by atoms with van der Waals surface area (Å²) in [5.74, 6) is -0.135. The first-order valence-corrected chi connectivity index (χ1v) is 5.32. The predicted octanol–water partition coefficient (Wildman–Crippen LogP) is 1.25. The summed E-state index contributed by atoms with van der Waals surface area (Å²) in [7, 11) is 0. The van der Waals surface area contributed by atoms with Crippen LogP contribution in [-0.2, 0) is 0 Å². The zero-order chi connectivity index (χ0) is 12.2. The zero-order valence-electron chi connectivity index (χ0n) is 9.66. The summed E-state index contributed by atoms with van der Waals surface area (Å²) in [6.45, 7) is 4.25. The molecule has 0 aliphatic rings. The molecule has 0 aliphatic heterocycles. The molecular formula is C12H18N2O2. The average Bonchev–Trinajstić information content (AvgIpc) is 2.29. The highest BCUT2D eigenvalue weighted by Crippen LogP contribution is 2.13. The van der Waals surface area contributed by atoms with Gasteiger partial charge in [-0.3, -0.25) is 4.79 Å². The number of phenols is 1. The number of phenolic OH excluding ortho intramolecular Hbond substituents is 1. The monoisotopic (exact) mass is 222 g/mol. The second kappa shape index (κ2) is 4.99. The van der Waals surface area contributed by atoms with E-state index >= 15 is 0 Å². The molecule has 1 aromatic carbocycles. The van der Waals surface area contributed by atoms with E-state index in [1.54, 1.807) is 12.1 Å². The van der Waals surface area contributed by atoms with E-state index in [0.29, 0.717) is 12.1 Å². The highest BCUT2D eigenvalue weighted by Gasteiger charge is 2.22. The van der Waals surface area contributed by atoms with Crippen LogP contribution in [0, 0.1) is 0 Å². The van der Waals surface area contributed by atoms with E-state index in [9.17, 15) is 9.90 Å². The molecule has 1 rings (SSSR count). The number of benzene rings is 1. The molecule has 88 valence electrons. The topological polar surface area (TPSA) is 75.3 Å². The van der Waals surface area contributed by atoms with Crippen molar-refractivity contribution in [2.75, 3.05) is 6.54 Å². The number of carbonyl (C=O) groups is 1. The average molecular weight is 222 g/mol. The van der Waals surface area contributed by atoms with E-state index in [4.69, 9.17) is 5.73 Å². The molecule has 16 heavy (non-hydrogen) atoms. The van der Waals surface area contributed by atoms with Crippen molar-refractivity contribution in [2.45, 2.75) is 25.8 Å². The lowest BCUT2D eigenvalue weighted by Gasteiger charge is -2.27. The van der Waals surface area contributed by atoms with Crippen LogP contribution in [0.25, 0.3) is 0 Å². The van der Waals surface area contributed by atoms with Gasteiger partial charge in [0.15, 0.2) is 0 Å². The number of hydrogen-bond acceptors (Lipinski definition) is 3. The largest absolute Gasteiger partial charge is 0.508 e. The van der Waals surface area contributed by atoms with Gasteiger partial charge in [-0.15, -0.1) is 0 Å². The van der Waals surface area contributed by atoms with Crippen LogP contribution in [0.4, 0.5) is 0 Å². The molecule has 1 atom stereocenters. The third kappa shape index (κ3) is 2.97. The Morgan fingerprint density at radius 3 is 2.75 bits per heavy atom. The summed E-state index contributed by atoms with van der Waals surface area (Å²) < 4.78 is 0. The molecule has 4 heteroatoms. The van der Waals surface area contributed by atoms with Crippen molar-refractivity contribution in [3.8, 4) is 5.75 Å². The van der Waals surface area contributed by atoms with Gasteiger partial charge in [0.25, 0.3) is 5.91 Å². The molecule has 0 saturated heterocycles. The van der Waals surface area contributed by atoms with E-state index in [2.05, 4.69) is 5.32 Å². The van der Waals surface area contributed by atoms with Crippen LogP contribution >= 0.6 is 0 Å². The minimum atomic E-state index is -0.400. The number of carbonyl (C=O) groups excluding carboxylic acids is 1. The first-order valence-electron chi connectivity index (χ1n) is 5.32. The summed E-state index contributed by atoms with van der Waals surface area (Å²) in [6.07, 6.45) is 0.758. The molecule has 0 aromatic heterocycles. The van der Waals surface area contributed by atoms with Crippen molar-refractivity contribution in [1.82, 2.24) is 5.32 Å². The molecule has 1 aromatic rings. The standard InChI is InChI=1S/C12H18N2O2/c1-3-12(2,8-13)14-11(16)9-5-4-6-10(15)7-9/h4-7,15H,3,8,13H2,1-2H3,(H,14,16). The van der Waals surface area contributed by atoms with Crippen LogP contribution in [0.5, 0.6) is 5.75 Å². The summed E-state index contributed by atoms with van der Waals surface area (Å²) in [6, 6.07) is 6.25. The number of rotatable bonds is 4. The van der Waals surface area contributed by atoms with Crippen LogP contribution in [0.1, 0.15) is 30.6 Å². The number of amides is 1. The lowest BCUT2D eigenvalue weighted by molar-refractivity contribution is 0.0906. The second-order valence-corrected chi connectivity index (χ2v) is 4.12. The van der Waals surface area contributed by atoms with E-state index in [1.165, 1.54) is 12.1 Å². The summed E-state index contributed by atoms with van der Waals surface area (Å²) >= 11 is 0. The van der Waals surface area contributed by atoms with Crippen molar-refractivity contribution in [1.29, 1.82) is 0 Å². The molecule has 4 nitrogen and oxygen atoms in total. The smallest absolute Gasteiger partial charge is 0.251 e. The maximum Gasteiger partial charge on any atom is 0.251 e. The molecule has 4 N–H and O–H groups in total. The Hall–Kier alpha value is -1.55. The quantitative estimate of drug-likeness (QED) is 0.717. The minimum absolute atomic E-state index is 0.0820. The number of nitrogens with one attached hydrogen (secondary N) is 1. The van der Waals surface area contributed by atoms with Gasteiger partial charge in [0.1, 0.15) is 5.75 Å². The van der Waals surface area contributed by atoms with Gasteiger partial charge in [0.2, 0.25) is 0 Å². The van der Waals surface area contributed by atoms with Gasteiger partial charge in [0, 0.05) is 17.6 Å². The third-order valence-corrected chi connectivity index (χ3v) is 2.75. The van der Waals surface area contributed by atoms with E-state index < -0.39 is 5.54 Å². The molecule has 0 saturated carbocycles. The van der Waals surface area contributed by atoms with Gasteiger partial charge in [0.05, 0.1) is 0 Å². The Labute approximate surface area is 95.5 Å². The van der Waals surface area contributed by atoms with Crippen molar-refractivity contribution < 1.29 is 9.90 Å². The fourth-order valence-corrected chi connectivity index (χ4v) is 1.28. The molecule has 1 amide bonds. The molecule has 0 heterocycles. The first kappa shape index (κ1) is 12.5. The molecule has 0 aliphatic carbocycles. The highest BCUT2D eigenvalue weighted by molar-refractivity contribution is 5.95. The number of nitrogens with two attached hydrogens (primary N) is 1. The minimum Gasteiger partial charge on any atom is -0.508 e. The van der Waals surface area contributed by atoms with Crippen molar-refractivity contribution in [2.24, 2.45) is 5.73 Å². The van der Waals surface area contributed by atoms with Crippen molar-refractivity contribution in [3.05, 3.63) is 29.8 Å². The molecule has 0 bridgehead atoms. The lowest BCUT2D eigenvalue weighted by atomic mass is 9.98. The number of aromatic hydroxyl groups is 1. The highest BCUT2D eigenvalue weighted by atomic mass is 16.3. The molecular weight excluding hydrogens is 204 g/mol. The number of hydrogen-bond donors (Lipinski definition) is 3. The molecule has 0 spiro atoms. The van der Waals surface area contributed by atoms with Gasteiger partial charge in [-0.2, -0.15) is 0 Å². The Morgan fingerprint density at radius 2 is 2.25 bits per heavy atom. The summed E-state index contributed by atoms with van der Waals surface area (Å²) in [5, 5.41) is 12.1. The fourth-order valence-electron chi connectivity index (χ4n) is 1.28. The van der Waals surface area contributed by atoms with Crippen molar-refractivity contribution >= 4 is 5.91 Å². The SMILES string of the molecule is CCC(C)(CN)NC(=O)c1cccc(O)c1. The van der Waals surface area contributed by atoms with E-state index in [0.717, 1.165) is 6.42 Å². The van der Waals surface area contributed by atoms with Gasteiger partial charge in [-0.1, -0.05) is 13.0 Å². The summed E-state index contributed by atoms with van der Waals surface area (Å²) in [4.78, 5) is 11.9. The molecule has 1 unspecified atom stereocenters. The van der Waals surface area contributed by atoms with E-state index in [1.807, 2.05) is 13.8 Å². The van der Waals surface area contributed by atoms with Crippen molar-refractivity contribution in [3.63, 3.8) is 0 Å². The second-order valence-electron chi connectivity index (χ2n) is 4.12. The maximum absolute atomic E-state index is 11.9. The van der Waals surface area contributed by atoms with Gasteiger partial charge < -0.3 is 16.2 Å². The van der Waals surface area contributed by atoms with Gasteiger partial charge in [-0.25, -0.2) is 0 Å². The lowest BCUT2D eigenvalue weighted by Crippen LogP contribution is -2.50.